The average Bonchev–Trinajstić information content (AvgIpc) is 1.92. The molecule has 0 spiro atoms. The Morgan fingerprint density at radius 2 is 0.785 bits per heavy atom. The molecular formula is C55H87N5O31P2. The number of ether oxygens (including phenoxy) is 8. The number of phosphoric ester groups is 2. The van der Waals surface area contributed by atoms with Crippen LogP contribution in [0.25, 0.3) is 0 Å². The summed E-state index contributed by atoms with van der Waals surface area (Å²) >= 11 is 0. The van der Waals surface area contributed by atoms with Crippen molar-refractivity contribution < 1.29 is 147 Å². The number of ketones is 3. The molecule has 2 heterocycles. The first-order valence-corrected chi connectivity index (χ1v) is 32.2. The first-order chi connectivity index (χ1) is 43.9. The number of nitrogens with two attached hydrogens (primary N) is 1. The van der Waals surface area contributed by atoms with Crippen LogP contribution in [0.5, 0.6) is 0 Å². The van der Waals surface area contributed by atoms with Gasteiger partial charge in [0.05, 0.1) is 72.5 Å². The quantitative estimate of drug-likeness (QED) is 0.0151. The summed E-state index contributed by atoms with van der Waals surface area (Å²) in [6, 6.07) is 0. The number of aliphatic carboxylic acids is 1. The number of nitrogens with zero attached hydrogens (tertiary/aromatic N) is 2. The van der Waals surface area contributed by atoms with Crippen molar-refractivity contribution in [3.05, 3.63) is 24.3 Å². The van der Waals surface area contributed by atoms with E-state index in [0.29, 0.717) is 26.0 Å². The summed E-state index contributed by atoms with van der Waals surface area (Å²) in [6.07, 6.45) is 4.82. The third-order valence-corrected chi connectivity index (χ3v) is 13.2. The van der Waals surface area contributed by atoms with Crippen molar-refractivity contribution in [3.63, 3.8) is 0 Å². The first-order valence-electron chi connectivity index (χ1n) is 29.2. The van der Waals surface area contributed by atoms with E-state index in [9.17, 15) is 86.0 Å². The fourth-order valence-electron chi connectivity index (χ4n) is 6.85. The van der Waals surface area contributed by atoms with E-state index in [2.05, 4.69) is 24.4 Å². The van der Waals surface area contributed by atoms with Crippen molar-refractivity contribution in [3.8, 4) is 0 Å². The molecule has 93 heavy (non-hydrogen) atoms. The van der Waals surface area contributed by atoms with Crippen LogP contribution in [-0.4, -0.2) is 245 Å². The highest BCUT2D eigenvalue weighted by Crippen LogP contribution is 2.44. The molecule has 7 N–H and O–H groups in total. The van der Waals surface area contributed by atoms with Gasteiger partial charge < -0.3 is 69.2 Å². The smallest absolute Gasteiger partial charge is 0.472 e. The zero-order chi connectivity index (χ0) is 70.0. The predicted octanol–water partition coefficient (Wildman–Crippen LogP) is -0.203. The Labute approximate surface area is 536 Å². The van der Waals surface area contributed by atoms with E-state index in [1.165, 1.54) is 31.2 Å². The average molecular weight is 1380 g/mol. The van der Waals surface area contributed by atoms with Gasteiger partial charge in [-0.1, -0.05) is 0 Å². The van der Waals surface area contributed by atoms with Crippen LogP contribution in [0, 0.1) is 0 Å². The number of esters is 4. The van der Waals surface area contributed by atoms with Crippen molar-refractivity contribution >= 4 is 98.3 Å². The number of rotatable bonds is 52. The molecule has 0 aromatic carbocycles. The molecule has 0 aliphatic carbocycles. The minimum Gasteiger partial charge on any atom is -0.481 e. The molecule has 0 fully saturated rings. The summed E-state index contributed by atoms with van der Waals surface area (Å²) < 4.78 is 81.9. The van der Waals surface area contributed by atoms with Crippen molar-refractivity contribution in [2.45, 2.75) is 117 Å². The number of Topliss-reactive ketones (excluding diaryl/α,β-unsaturated/α-hetero) is 3. The van der Waals surface area contributed by atoms with Crippen molar-refractivity contribution in [2.75, 3.05) is 125 Å². The molecule has 4 unspecified atom stereocenters. The van der Waals surface area contributed by atoms with E-state index in [4.69, 9.17) is 53.0 Å². The summed E-state index contributed by atoms with van der Waals surface area (Å²) in [7, 11) is -8.77. The lowest BCUT2D eigenvalue weighted by molar-refractivity contribution is -0.158. The monoisotopic (exact) mass is 1380 g/mol. The number of carbonyl (C=O) groups is 14. The van der Waals surface area contributed by atoms with Gasteiger partial charge in [-0.3, -0.25) is 95.0 Å². The minimum absolute atomic E-state index is 0.0503. The summed E-state index contributed by atoms with van der Waals surface area (Å²) in [5, 5.41) is 13.7. The number of hydrogen-bond acceptors (Lipinski definition) is 29. The summed E-state index contributed by atoms with van der Waals surface area (Å²) in [5.41, 5.74) is 5.10. The molecule has 0 aromatic heterocycles. The number of hydrogen-bond donors (Lipinski definition) is 6. The molecule has 36 nitrogen and oxygen atoms in total. The first kappa shape index (κ1) is 86.1. The van der Waals surface area contributed by atoms with Gasteiger partial charge in [0.1, 0.15) is 30.6 Å². The maximum Gasteiger partial charge on any atom is 0.472 e. The molecule has 528 valence electrons. The van der Waals surface area contributed by atoms with Crippen LogP contribution in [-0.2, 0) is 132 Å². The van der Waals surface area contributed by atoms with Gasteiger partial charge in [0.15, 0.2) is 12.2 Å². The molecule has 0 saturated heterocycles. The third kappa shape index (κ3) is 50.3. The van der Waals surface area contributed by atoms with Crippen LogP contribution in [0.4, 0.5) is 0 Å². The molecule has 4 atom stereocenters. The number of nitrogens with one attached hydrogen (secondary N) is 2. The largest absolute Gasteiger partial charge is 0.481 e. The van der Waals surface area contributed by atoms with Gasteiger partial charge in [0, 0.05) is 149 Å². The Morgan fingerprint density at radius 3 is 1.15 bits per heavy atom. The van der Waals surface area contributed by atoms with Crippen LogP contribution < -0.4 is 16.4 Å². The molecule has 2 rings (SSSR count). The lowest BCUT2D eigenvalue weighted by Crippen LogP contribution is -2.32. The molecule has 2 aliphatic rings. The Bertz CT molecular complexity index is 2550. The second-order valence-electron chi connectivity index (χ2n) is 19.3. The molecule has 0 aromatic rings. The second kappa shape index (κ2) is 51.5. The number of amides is 6. The highest BCUT2D eigenvalue weighted by Gasteiger charge is 2.28. The van der Waals surface area contributed by atoms with Crippen molar-refractivity contribution in [1.82, 2.24) is 20.4 Å². The summed E-state index contributed by atoms with van der Waals surface area (Å²) in [5.74, 6) is -5.89. The van der Waals surface area contributed by atoms with E-state index in [1.54, 1.807) is 0 Å². The molecule has 0 bridgehead atoms. The predicted molar refractivity (Wildman–Crippen MR) is 316 cm³/mol. The van der Waals surface area contributed by atoms with Gasteiger partial charge >= 0.3 is 45.5 Å². The van der Waals surface area contributed by atoms with Crippen LogP contribution in [0.2, 0.25) is 0 Å². The highest BCUT2D eigenvalue weighted by molar-refractivity contribution is 7.47. The standard InChI is InChI=1S/C28H43N2O15P.C18H26N2O8.C9H18NO8P/c1-21(31)42-19-25(45-22(2)32)20-44-46(38,39)43-15-4-6-24(34)10-16-41-18-12-29-26(35)11-17-40-14-3-5-23(33)9-13-30-27(36)7-8-28(30)37;21-14(5-9-20-16(23)3-4-17(20)24)2-1-10-27-11-6-15(22)19-8-13-28-12-7-18(25)26;1-7(11)15-5-9(18-8(2)12)6-17-19(13,14)16-4-3-10/h7-8,25H,3-6,9-20H2,1-2H3,(H,29,35)(H,38,39);3-4H,1-2,5-13H2,(H,19,22)(H,25,26);9H,3-6,10H2,1-2H3,(H,13,14). The normalized spacial score (nSPS) is 14.3. The molecule has 6 amide bonds. The van der Waals surface area contributed by atoms with E-state index in [-0.39, 0.29) is 192 Å². The van der Waals surface area contributed by atoms with Gasteiger partial charge in [-0.05, 0) is 19.3 Å². The number of imide groups is 2. The van der Waals surface area contributed by atoms with Crippen LogP contribution in [0.3, 0.4) is 0 Å². The Hall–Kier alpha value is -6.92. The summed E-state index contributed by atoms with van der Waals surface area (Å²) in [6.45, 7) is 4.91. The number of phosphoric acid groups is 2. The van der Waals surface area contributed by atoms with Gasteiger partial charge in [-0.15, -0.1) is 0 Å². The van der Waals surface area contributed by atoms with E-state index < -0.39 is 94.5 Å². The molecule has 38 heteroatoms. The van der Waals surface area contributed by atoms with Gasteiger partial charge in [-0.25, -0.2) is 9.13 Å². The van der Waals surface area contributed by atoms with Gasteiger partial charge in [0.2, 0.25) is 11.8 Å². The second-order valence-corrected chi connectivity index (χ2v) is 22.3. The van der Waals surface area contributed by atoms with Gasteiger partial charge in [0.25, 0.3) is 23.6 Å². The van der Waals surface area contributed by atoms with Gasteiger partial charge in [-0.2, -0.15) is 0 Å². The van der Waals surface area contributed by atoms with E-state index in [1.807, 2.05) is 0 Å². The summed E-state index contributed by atoms with van der Waals surface area (Å²) in [4.78, 5) is 179. The van der Waals surface area contributed by atoms with E-state index >= 15 is 0 Å². The fourth-order valence-corrected chi connectivity index (χ4v) is 8.40. The zero-order valence-corrected chi connectivity index (χ0v) is 54.3. The Morgan fingerprint density at radius 1 is 0.441 bits per heavy atom. The van der Waals surface area contributed by atoms with Crippen LogP contribution in [0.1, 0.15) is 105 Å². The maximum absolute atomic E-state index is 12.0. The molecule has 0 radical (unpaired) electrons. The fraction of sp³-hybridized carbons (Fsp3) is 0.673. The zero-order valence-electron chi connectivity index (χ0n) is 52.5. The highest BCUT2D eigenvalue weighted by atomic mass is 31.2. The van der Waals surface area contributed by atoms with E-state index in [0.717, 1.165) is 30.6 Å². The third-order valence-electron chi connectivity index (χ3n) is 11.3. The number of carboxylic acids is 1. The maximum atomic E-state index is 12.0. The minimum atomic E-state index is -4.51. The lowest BCUT2D eigenvalue weighted by Gasteiger charge is -2.18. The number of carbonyl (C=O) groups excluding carboxylic acids is 13. The molecule has 2 aliphatic heterocycles. The van der Waals surface area contributed by atoms with Crippen LogP contribution in [0.15, 0.2) is 24.3 Å². The number of carboxylic acid groups (broad SMARTS) is 1. The topological polar surface area (TPSA) is 501 Å². The van der Waals surface area contributed by atoms with Crippen molar-refractivity contribution in [2.24, 2.45) is 5.73 Å². The molecule has 0 saturated carbocycles. The Balaban J connectivity index is 0.00000152. The molecular weight excluding hydrogens is 1290 g/mol. The van der Waals surface area contributed by atoms with Crippen LogP contribution >= 0.6 is 15.6 Å². The lowest BCUT2D eigenvalue weighted by atomic mass is 10.1. The SMILES string of the molecule is CC(=O)OCC(COP(=O)(O)OCCCC(=O)CCOCCNC(=O)CCOCCCC(=O)CCN1C(=O)C=CC1=O)OC(C)=O.CC(=O)OCC(COP(=O)(O)OCCN)OC(C)=O.O=C(O)CCOCCNC(=O)CCOCCCC(=O)CCN1C(=O)C=CC1=O. The Kier molecular flexibility index (Phi) is 47.7. The van der Waals surface area contributed by atoms with Crippen molar-refractivity contribution in [1.29, 1.82) is 0 Å².